The van der Waals surface area contributed by atoms with Gasteiger partial charge in [-0.2, -0.15) is 0 Å². The summed E-state index contributed by atoms with van der Waals surface area (Å²) in [5.74, 6) is 0.650. The number of fused-ring (bicyclic) bond motifs is 1. The van der Waals surface area contributed by atoms with E-state index in [4.69, 9.17) is 9.72 Å². The van der Waals surface area contributed by atoms with Gasteiger partial charge in [-0.05, 0) is 44.0 Å². The van der Waals surface area contributed by atoms with E-state index in [0.717, 1.165) is 30.0 Å². The number of phenolic OH excluding ortho intramolecular Hbond substituents is 1. The molecule has 1 aromatic heterocycles. The van der Waals surface area contributed by atoms with Gasteiger partial charge >= 0.3 is 0 Å². The van der Waals surface area contributed by atoms with Crippen LogP contribution in [0.5, 0.6) is 11.5 Å². The molecule has 0 aliphatic heterocycles. The zero-order valence-electron chi connectivity index (χ0n) is 12.3. The van der Waals surface area contributed by atoms with Crippen LogP contribution < -0.4 is 10.1 Å². The molecule has 1 aromatic carbocycles. The molecule has 0 saturated carbocycles. The van der Waals surface area contributed by atoms with Crippen LogP contribution in [0.15, 0.2) is 18.2 Å². The Morgan fingerprint density at radius 1 is 1.48 bits per heavy atom. The smallest absolute Gasteiger partial charge is 0.160 e. The minimum absolute atomic E-state index is 0.159. The molecule has 3 rings (SSSR count). The number of aromatic nitrogens is 1. The third-order valence-electron chi connectivity index (χ3n) is 3.83. The Morgan fingerprint density at radius 3 is 3.05 bits per heavy atom. The van der Waals surface area contributed by atoms with Crippen LogP contribution in [0, 0.1) is 0 Å². The average Bonchev–Trinajstić information content (AvgIpc) is 2.92. The lowest BCUT2D eigenvalue weighted by Gasteiger charge is -2.21. The summed E-state index contributed by atoms with van der Waals surface area (Å²) in [6, 6.07) is 5.83. The maximum absolute atomic E-state index is 9.93. The Bertz CT molecular complexity index is 639. The largest absolute Gasteiger partial charge is 0.504 e. The number of benzene rings is 1. The molecule has 1 aliphatic rings. The first-order chi connectivity index (χ1) is 10.2. The fourth-order valence-electron chi connectivity index (χ4n) is 2.81. The summed E-state index contributed by atoms with van der Waals surface area (Å²) in [7, 11) is 1.55. The van der Waals surface area contributed by atoms with E-state index in [9.17, 15) is 5.11 Å². The number of phenols is 1. The molecule has 0 saturated heterocycles. The Balaban J connectivity index is 1.95. The lowest BCUT2D eigenvalue weighted by Crippen LogP contribution is -2.24. The maximum Gasteiger partial charge on any atom is 0.160 e. The topological polar surface area (TPSA) is 54.4 Å². The minimum Gasteiger partial charge on any atom is -0.504 e. The predicted octanol–water partition coefficient (Wildman–Crippen LogP) is 3.51. The molecule has 1 unspecified atom stereocenters. The van der Waals surface area contributed by atoms with E-state index in [-0.39, 0.29) is 5.75 Å². The van der Waals surface area contributed by atoms with Gasteiger partial charge in [-0.3, -0.25) is 0 Å². The van der Waals surface area contributed by atoms with Crippen molar-refractivity contribution in [1.82, 2.24) is 10.3 Å². The van der Waals surface area contributed by atoms with Gasteiger partial charge in [0.25, 0.3) is 0 Å². The Kier molecular flexibility index (Phi) is 4.12. The van der Waals surface area contributed by atoms with E-state index in [1.165, 1.54) is 17.0 Å². The van der Waals surface area contributed by atoms with Gasteiger partial charge in [-0.25, -0.2) is 4.98 Å². The Labute approximate surface area is 128 Å². The SMILES string of the molecule is CCNC1CCCc2sc(-c3ccc(OC)c(O)c3)nc21. The van der Waals surface area contributed by atoms with Gasteiger partial charge in [0, 0.05) is 10.4 Å². The summed E-state index contributed by atoms with van der Waals surface area (Å²) in [5, 5.41) is 14.4. The Hall–Kier alpha value is -1.59. The molecule has 0 spiro atoms. The molecule has 21 heavy (non-hydrogen) atoms. The lowest BCUT2D eigenvalue weighted by molar-refractivity contribution is 0.373. The number of ether oxygens (including phenoxy) is 1. The van der Waals surface area contributed by atoms with Gasteiger partial charge in [0.05, 0.1) is 18.8 Å². The normalized spacial score (nSPS) is 17.5. The van der Waals surface area contributed by atoms with Gasteiger partial charge in [-0.15, -0.1) is 11.3 Å². The van der Waals surface area contributed by atoms with E-state index in [0.29, 0.717) is 11.8 Å². The van der Waals surface area contributed by atoms with Crippen LogP contribution in [0.25, 0.3) is 10.6 Å². The first kappa shape index (κ1) is 14.4. The zero-order chi connectivity index (χ0) is 14.8. The molecular weight excluding hydrogens is 284 g/mol. The Morgan fingerprint density at radius 2 is 2.33 bits per heavy atom. The fraction of sp³-hybridized carbons (Fsp3) is 0.438. The molecule has 0 radical (unpaired) electrons. The molecule has 1 aliphatic carbocycles. The second-order valence-corrected chi connectivity index (χ2v) is 6.30. The van der Waals surface area contributed by atoms with Gasteiger partial charge < -0.3 is 15.2 Å². The number of aryl methyl sites for hydroxylation is 1. The number of hydrogen-bond acceptors (Lipinski definition) is 5. The number of aromatic hydroxyl groups is 1. The van der Waals surface area contributed by atoms with Crippen LogP contribution in [0.4, 0.5) is 0 Å². The molecule has 2 N–H and O–H groups in total. The van der Waals surface area contributed by atoms with Crippen molar-refractivity contribution in [2.45, 2.75) is 32.2 Å². The molecule has 0 amide bonds. The number of rotatable bonds is 4. The molecule has 4 nitrogen and oxygen atoms in total. The summed E-state index contributed by atoms with van der Waals surface area (Å²) >= 11 is 1.74. The number of methoxy groups -OCH3 is 1. The highest BCUT2D eigenvalue weighted by Gasteiger charge is 2.24. The van der Waals surface area contributed by atoms with Crippen LogP contribution in [-0.4, -0.2) is 23.7 Å². The summed E-state index contributed by atoms with van der Waals surface area (Å²) in [6.45, 7) is 3.09. The first-order valence-corrected chi connectivity index (χ1v) is 8.15. The molecule has 0 bridgehead atoms. The quantitative estimate of drug-likeness (QED) is 0.907. The molecule has 5 heteroatoms. The van der Waals surface area contributed by atoms with Crippen molar-refractivity contribution in [1.29, 1.82) is 0 Å². The average molecular weight is 304 g/mol. The number of nitrogens with one attached hydrogen (secondary N) is 1. The lowest BCUT2D eigenvalue weighted by atomic mass is 9.97. The summed E-state index contributed by atoms with van der Waals surface area (Å²) < 4.78 is 5.09. The second-order valence-electron chi connectivity index (χ2n) is 5.22. The number of thiazole rings is 1. The number of hydrogen-bond donors (Lipinski definition) is 2. The van der Waals surface area contributed by atoms with E-state index in [1.807, 2.05) is 6.07 Å². The van der Waals surface area contributed by atoms with Crippen molar-refractivity contribution in [2.75, 3.05) is 13.7 Å². The van der Waals surface area contributed by atoms with Crippen LogP contribution >= 0.6 is 11.3 Å². The summed E-state index contributed by atoms with van der Waals surface area (Å²) in [5.41, 5.74) is 2.14. The predicted molar refractivity (Wildman–Crippen MR) is 85.1 cm³/mol. The second kappa shape index (κ2) is 6.03. The summed E-state index contributed by atoms with van der Waals surface area (Å²) in [4.78, 5) is 6.19. The monoisotopic (exact) mass is 304 g/mol. The molecule has 112 valence electrons. The molecule has 0 fully saturated rings. The van der Waals surface area contributed by atoms with Crippen molar-refractivity contribution in [2.24, 2.45) is 0 Å². The van der Waals surface area contributed by atoms with Gasteiger partial charge in [0.1, 0.15) is 5.01 Å². The van der Waals surface area contributed by atoms with Gasteiger partial charge in [0.2, 0.25) is 0 Å². The summed E-state index contributed by atoms with van der Waals surface area (Å²) in [6.07, 6.45) is 3.47. The van der Waals surface area contributed by atoms with Crippen LogP contribution in [0.2, 0.25) is 0 Å². The van der Waals surface area contributed by atoms with E-state index < -0.39 is 0 Å². The molecular formula is C16H20N2O2S. The first-order valence-electron chi connectivity index (χ1n) is 7.33. The van der Waals surface area contributed by atoms with E-state index in [2.05, 4.69) is 12.2 Å². The third-order valence-corrected chi connectivity index (χ3v) is 5.01. The fourth-order valence-corrected chi connectivity index (χ4v) is 3.97. The van der Waals surface area contributed by atoms with Crippen molar-refractivity contribution in [3.63, 3.8) is 0 Å². The van der Waals surface area contributed by atoms with Crippen molar-refractivity contribution in [3.8, 4) is 22.1 Å². The van der Waals surface area contributed by atoms with Crippen LogP contribution in [0.1, 0.15) is 36.4 Å². The van der Waals surface area contributed by atoms with Crippen LogP contribution in [-0.2, 0) is 6.42 Å². The van der Waals surface area contributed by atoms with Gasteiger partial charge in [-0.1, -0.05) is 6.92 Å². The number of nitrogens with zero attached hydrogens (tertiary/aromatic N) is 1. The highest BCUT2D eigenvalue weighted by atomic mass is 32.1. The maximum atomic E-state index is 9.93. The highest BCUT2D eigenvalue weighted by molar-refractivity contribution is 7.15. The van der Waals surface area contributed by atoms with E-state index in [1.54, 1.807) is 30.6 Å². The van der Waals surface area contributed by atoms with Crippen molar-refractivity contribution in [3.05, 3.63) is 28.8 Å². The minimum atomic E-state index is 0.159. The third kappa shape index (κ3) is 2.76. The van der Waals surface area contributed by atoms with Gasteiger partial charge in [0.15, 0.2) is 11.5 Å². The molecule has 1 atom stereocenters. The highest BCUT2D eigenvalue weighted by Crippen LogP contribution is 2.39. The molecule has 2 aromatic rings. The van der Waals surface area contributed by atoms with E-state index >= 15 is 0 Å². The zero-order valence-corrected chi connectivity index (χ0v) is 13.2. The van der Waals surface area contributed by atoms with Crippen molar-refractivity contribution < 1.29 is 9.84 Å². The standard InChI is InChI=1S/C16H20N2O2S/c1-3-17-11-5-4-6-14-15(11)18-16(21-14)10-7-8-13(20-2)12(19)9-10/h7-9,11,17,19H,3-6H2,1-2H3. The van der Waals surface area contributed by atoms with Crippen molar-refractivity contribution >= 4 is 11.3 Å². The van der Waals surface area contributed by atoms with Crippen LogP contribution in [0.3, 0.4) is 0 Å². The molecule has 1 heterocycles.